The van der Waals surface area contributed by atoms with Gasteiger partial charge in [0.15, 0.2) is 0 Å². The lowest BCUT2D eigenvalue weighted by atomic mass is 10.2. The van der Waals surface area contributed by atoms with Crippen molar-refractivity contribution in [1.82, 2.24) is 0 Å². The number of halogens is 1. The minimum atomic E-state index is -0.274. The number of benzene rings is 1. The van der Waals surface area contributed by atoms with Crippen molar-refractivity contribution in [2.45, 2.75) is 12.6 Å². The molecule has 3 N–H and O–H groups in total. The van der Waals surface area contributed by atoms with E-state index in [1.54, 1.807) is 0 Å². The fourth-order valence-corrected chi connectivity index (χ4v) is 0.955. The number of rotatable bonds is 5. The Labute approximate surface area is 90.3 Å². The van der Waals surface area contributed by atoms with Crippen molar-refractivity contribution < 1.29 is 9.84 Å². The monoisotopic (exact) mass is 217 g/mol. The highest BCUT2D eigenvalue weighted by Gasteiger charge is 1.99. The lowest BCUT2D eigenvalue weighted by Gasteiger charge is -2.08. The van der Waals surface area contributed by atoms with Crippen LogP contribution in [-0.4, -0.2) is 24.4 Å². The summed E-state index contributed by atoms with van der Waals surface area (Å²) in [7, 11) is 0. The predicted molar refractivity (Wildman–Crippen MR) is 58.4 cm³/mol. The molecule has 0 unspecified atom stereocenters. The smallest absolute Gasteiger partial charge is 0.0717 e. The highest BCUT2D eigenvalue weighted by atomic mass is 35.5. The van der Waals surface area contributed by atoms with E-state index in [4.69, 9.17) is 15.6 Å². The van der Waals surface area contributed by atoms with Crippen LogP contribution in [0, 0.1) is 0 Å². The molecule has 1 atom stereocenters. The van der Waals surface area contributed by atoms with E-state index in [0.717, 1.165) is 5.56 Å². The zero-order valence-electron chi connectivity index (χ0n) is 7.93. The molecule has 1 aromatic carbocycles. The fraction of sp³-hybridized carbons (Fsp3) is 0.400. The maximum absolute atomic E-state index is 8.63. The Balaban J connectivity index is 0.00000169. The van der Waals surface area contributed by atoms with Gasteiger partial charge in [-0.3, -0.25) is 0 Å². The highest BCUT2D eigenvalue weighted by Crippen LogP contribution is 2.00. The predicted octanol–water partition coefficient (Wildman–Crippen LogP) is 0.945. The molecular formula is C10H16ClNO2. The van der Waals surface area contributed by atoms with Crippen molar-refractivity contribution in [3.8, 4) is 0 Å². The molecule has 3 nitrogen and oxygen atoms in total. The summed E-state index contributed by atoms with van der Waals surface area (Å²) >= 11 is 0. The molecule has 1 rings (SSSR count). The van der Waals surface area contributed by atoms with Crippen LogP contribution in [0.15, 0.2) is 30.3 Å². The SMILES string of the molecule is Cl.N[C@H](CO)COCc1ccccc1. The number of hydrogen-bond donors (Lipinski definition) is 2. The van der Waals surface area contributed by atoms with E-state index in [1.165, 1.54) is 0 Å². The molecule has 0 saturated heterocycles. The molecule has 0 aliphatic carbocycles. The maximum Gasteiger partial charge on any atom is 0.0717 e. The molecule has 0 fully saturated rings. The Morgan fingerprint density at radius 1 is 1.29 bits per heavy atom. The van der Waals surface area contributed by atoms with E-state index in [9.17, 15) is 0 Å². The highest BCUT2D eigenvalue weighted by molar-refractivity contribution is 5.85. The van der Waals surface area contributed by atoms with Gasteiger partial charge in [0.1, 0.15) is 0 Å². The van der Waals surface area contributed by atoms with Gasteiger partial charge in [-0.1, -0.05) is 30.3 Å². The van der Waals surface area contributed by atoms with Crippen LogP contribution in [0.3, 0.4) is 0 Å². The summed E-state index contributed by atoms with van der Waals surface area (Å²) in [6.45, 7) is 0.911. The average molecular weight is 218 g/mol. The molecule has 4 heteroatoms. The van der Waals surface area contributed by atoms with Crippen molar-refractivity contribution in [2.24, 2.45) is 5.73 Å². The summed E-state index contributed by atoms with van der Waals surface area (Å²) in [6, 6.07) is 9.59. The Morgan fingerprint density at radius 3 is 2.50 bits per heavy atom. The van der Waals surface area contributed by atoms with Crippen LogP contribution in [0.4, 0.5) is 0 Å². The van der Waals surface area contributed by atoms with E-state index < -0.39 is 0 Å². The van der Waals surface area contributed by atoms with E-state index in [2.05, 4.69) is 0 Å². The maximum atomic E-state index is 8.63. The molecule has 80 valence electrons. The van der Waals surface area contributed by atoms with E-state index in [0.29, 0.717) is 13.2 Å². The fourth-order valence-electron chi connectivity index (χ4n) is 0.955. The number of nitrogens with two attached hydrogens (primary N) is 1. The zero-order valence-corrected chi connectivity index (χ0v) is 8.74. The number of aliphatic hydroxyl groups is 1. The summed E-state index contributed by atoms with van der Waals surface area (Å²) in [5, 5.41) is 8.63. The standard InChI is InChI=1S/C10H15NO2.ClH/c11-10(6-12)8-13-7-9-4-2-1-3-5-9;/h1-5,10,12H,6-8,11H2;1H/t10-;/m1./s1. The quantitative estimate of drug-likeness (QED) is 0.772. The van der Waals surface area contributed by atoms with Crippen LogP contribution >= 0.6 is 12.4 Å². The second-order valence-electron chi connectivity index (χ2n) is 2.94. The van der Waals surface area contributed by atoms with Crippen molar-refractivity contribution in [3.63, 3.8) is 0 Å². The van der Waals surface area contributed by atoms with Crippen molar-refractivity contribution in [1.29, 1.82) is 0 Å². The zero-order chi connectivity index (χ0) is 9.52. The molecule has 14 heavy (non-hydrogen) atoms. The van der Waals surface area contributed by atoms with Crippen LogP contribution in [0.25, 0.3) is 0 Å². The molecule has 0 spiro atoms. The molecule has 0 saturated carbocycles. The van der Waals surface area contributed by atoms with Gasteiger partial charge in [0.2, 0.25) is 0 Å². The van der Waals surface area contributed by atoms with Crippen molar-refractivity contribution in [2.75, 3.05) is 13.2 Å². The first-order valence-corrected chi connectivity index (χ1v) is 4.31. The summed E-state index contributed by atoms with van der Waals surface area (Å²) < 4.78 is 5.29. The minimum Gasteiger partial charge on any atom is -0.395 e. The number of hydrogen-bond acceptors (Lipinski definition) is 3. The summed E-state index contributed by atoms with van der Waals surface area (Å²) in [4.78, 5) is 0. The second-order valence-corrected chi connectivity index (χ2v) is 2.94. The Kier molecular flexibility index (Phi) is 7.42. The first-order valence-electron chi connectivity index (χ1n) is 4.31. The van der Waals surface area contributed by atoms with Crippen LogP contribution in [-0.2, 0) is 11.3 Å². The third-order valence-corrected chi connectivity index (χ3v) is 1.68. The van der Waals surface area contributed by atoms with Gasteiger partial charge in [0, 0.05) is 0 Å². The first-order chi connectivity index (χ1) is 6.33. The lowest BCUT2D eigenvalue weighted by molar-refractivity contribution is 0.0899. The average Bonchev–Trinajstić information content (AvgIpc) is 2.19. The van der Waals surface area contributed by atoms with Gasteiger partial charge in [-0.2, -0.15) is 0 Å². The van der Waals surface area contributed by atoms with Crippen LogP contribution in [0.1, 0.15) is 5.56 Å². The Bertz CT molecular complexity index is 231. The second kappa shape index (κ2) is 7.76. The third kappa shape index (κ3) is 5.19. The molecule has 0 amide bonds. The summed E-state index contributed by atoms with van der Waals surface area (Å²) in [6.07, 6.45) is 0. The minimum absolute atomic E-state index is 0. The lowest BCUT2D eigenvalue weighted by Crippen LogP contribution is -2.29. The largest absolute Gasteiger partial charge is 0.395 e. The molecule has 0 aromatic heterocycles. The van der Waals surface area contributed by atoms with Gasteiger partial charge in [-0.15, -0.1) is 12.4 Å². The van der Waals surface area contributed by atoms with E-state index in [1.807, 2.05) is 30.3 Å². The molecule has 0 heterocycles. The van der Waals surface area contributed by atoms with Gasteiger partial charge in [-0.05, 0) is 5.56 Å². The van der Waals surface area contributed by atoms with Crippen LogP contribution in [0.5, 0.6) is 0 Å². The van der Waals surface area contributed by atoms with Crippen LogP contribution in [0.2, 0.25) is 0 Å². The summed E-state index contributed by atoms with van der Waals surface area (Å²) in [5.74, 6) is 0. The van der Waals surface area contributed by atoms with Gasteiger partial charge < -0.3 is 15.6 Å². The van der Waals surface area contributed by atoms with Crippen LogP contribution < -0.4 is 5.73 Å². The van der Waals surface area contributed by atoms with Gasteiger partial charge in [0.25, 0.3) is 0 Å². The normalized spacial score (nSPS) is 11.9. The van der Waals surface area contributed by atoms with Gasteiger partial charge >= 0.3 is 0 Å². The first kappa shape index (κ1) is 13.4. The van der Waals surface area contributed by atoms with E-state index >= 15 is 0 Å². The topological polar surface area (TPSA) is 55.5 Å². The third-order valence-electron chi connectivity index (χ3n) is 1.68. The van der Waals surface area contributed by atoms with Crippen molar-refractivity contribution in [3.05, 3.63) is 35.9 Å². The number of ether oxygens (including phenoxy) is 1. The van der Waals surface area contributed by atoms with Gasteiger partial charge in [-0.25, -0.2) is 0 Å². The molecule has 0 radical (unpaired) electrons. The molecule has 0 aliphatic rings. The Morgan fingerprint density at radius 2 is 1.93 bits per heavy atom. The summed E-state index contributed by atoms with van der Waals surface area (Å²) in [5.41, 5.74) is 6.58. The molecular weight excluding hydrogens is 202 g/mol. The van der Waals surface area contributed by atoms with E-state index in [-0.39, 0.29) is 25.1 Å². The molecule has 1 aromatic rings. The number of aliphatic hydroxyl groups excluding tert-OH is 1. The van der Waals surface area contributed by atoms with Crippen molar-refractivity contribution >= 4 is 12.4 Å². The van der Waals surface area contributed by atoms with Gasteiger partial charge in [0.05, 0.1) is 25.9 Å². The molecule has 0 bridgehead atoms. The molecule has 0 aliphatic heterocycles. The Hall–Kier alpha value is -0.610.